The fourth-order valence-corrected chi connectivity index (χ4v) is 2.44. The SMILES string of the molecule is Cc1ccc(NC(=O)Cn2cc(C(=O)O)ccc2=O)c(Br)c1. The van der Waals surface area contributed by atoms with Gasteiger partial charge in [-0.1, -0.05) is 6.07 Å². The Labute approximate surface area is 134 Å². The molecular weight excluding hydrogens is 352 g/mol. The van der Waals surface area contributed by atoms with E-state index in [1.165, 1.54) is 6.07 Å². The van der Waals surface area contributed by atoms with Gasteiger partial charge in [-0.25, -0.2) is 4.79 Å². The van der Waals surface area contributed by atoms with Crippen molar-refractivity contribution in [1.82, 2.24) is 4.57 Å². The molecule has 2 rings (SSSR count). The molecule has 0 spiro atoms. The smallest absolute Gasteiger partial charge is 0.337 e. The van der Waals surface area contributed by atoms with Gasteiger partial charge in [-0.05, 0) is 46.6 Å². The summed E-state index contributed by atoms with van der Waals surface area (Å²) >= 11 is 3.35. The number of carboxylic acids is 1. The van der Waals surface area contributed by atoms with Gasteiger partial charge in [-0.3, -0.25) is 9.59 Å². The second kappa shape index (κ2) is 6.57. The van der Waals surface area contributed by atoms with Crippen LogP contribution in [0.1, 0.15) is 15.9 Å². The van der Waals surface area contributed by atoms with Crippen LogP contribution in [0.5, 0.6) is 0 Å². The number of rotatable bonds is 4. The maximum atomic E-state index is 12.0. The van der Waals surface area contributed by atoms with Gasteiger partial charge < -0.3 is 15.0 Å². The van der Waals surface area contributed by atoms with Crippen LogP contribution in [0.15, 0.2) is 45.8 Å². The van der Waals surface area contributed by atoms with E-state index in [0.29, 0.717) is 5.69 Å². The molecule has 0 atom stereocenters. The van der Waals surface area contributed by atoms with Crippen LogP contribution in [-0.4, -0.2) is 21.6 Å². The van der Waals surface area contributed by atoms with E-state index in [1.54, 1.807) is 6.07 Å². The molecule has 7 heteroatoms. The Hall–Kier alpha value is -2.41. The van der Waals surface area contributed by atoms with E-state index in [1.807, 2.05) is 19.1 Å². The summed E-state index contributed by atoms with van der Waals surface area (Å²) in [5.41, 5.74) is 1.13. The lowest BCUT2D eigenvalue weighted by Gasteiger charge is -2.10. The van der Waals surface area contributed by atoms with E-state index >= 15 is 0 Å². The Kier molecular flexibility index (Phi) is 4.77. The number of carboxylic acid groups (broad SMARTS) is 1. The minimum absolute atomic E-state index is 0.0519. The first-order valence-corrected chi connectivity index (χ1v) is 7.16. The van der Waals surface area contributed by atoms with Crippen molar-refractivity contribution in [2.24, 2.45) is 0 Å². The van der Waals surface area contributed by atoms with Gasteiger partial charge in [0.2, 0.25) is 5.91 Å². The molecule has 2 N–H and O–H groups in total. The molecule has 0 fully saturated rings. The summed E-state index contributed by atoms with van der Waals surface area (Å²) in [6, 6.07) is 7.77. The van der Waals surface area contributed by atoms with E-state index in [-0.39, 0.29) is 12.1 Å². The van der Waals surface area contributed by atoms with Crippen molar-refractivity contribution in [1.29, 1.82) is 0 Å². The predicted octanol–water partition coefficient (Wildman–Crippen LogP) is 2.26. The van der Waals surface area contributed by atoms with Crippen molar-refractivity contribution in [3.63, 3.8) is 0 Å². The molecule has 0 saturated carbocycles. The van der Waals surface area contributed by atoms with Crippen LogP contribution in [0.3, 0.4) is 0 Å². The molecule has 1 aromatic carbocycles. The Bertz CT molecular complexity index is 798. The third kappa shape index (κ3) is 3.82. The zero-order chi connectivity index (χ0) is 16.3. The van der Waals surface area contributed by atoms with Crippen LogP contribution in [-0.2, 0) is 11.3 Å². The molecule has 114 valence electrons. The Balaban J connectivity index is 2.17. The van der Waals surface area contributed by atoms with E-state index in [0.717, 1.165) is 26.9 Å². The van der Waals surface area contributed by atoms with Crippen LogP contribution < -0.4 is 10.9 Å². The molecule has 0 unspecified atom stereocenters. The first kappa shape index (κ1) is 16.0. The van der Waals surface area contributed by atoms with Gasteiger partial charge >= 0.3 is 5.97 Å². The number of aromatic nitrogens is 1. The van der Waals surface area contributed by atoms with Crippen LogP contribution in [0, 0.1) is 6.92 Å². The molecule has 6 nitrogen and oxygen atoms in total. The van der Waals surface area contributed by atoms with Gasteiger partial charge in [0.25, 0.3) is 5.56 Å². The molecule has 0 saturated heterocycles. The summed E-state index contributed by atoms with van der Waals surface area (Å²) in [6.07, 6.45) is 1.15. The average Bonchev–Trinajstić information content (AvgIpc) is 2.44. The van der Waals surface area contributed by atoms with Crippen molar-refractivity contribution in [3.05, 3.63) is 62.5 Å². The first-order chi connectivity index (χ1) is 10.4. The highest BCUT2D eigenvalue weighted by Gasteiger charge is 2.10. The Morgan fingerprint density at radius 1 is 1.27 bits per heavy atom. The summed E-state index contributed by atoms with van der Waals surface area (Å²) in [6.45, 7) is 1.66. The highest BCUT2D eigenvalue weighted by atomic mass is 79.9. The van der Waals surface area contributed by atoms with E-state index < -0.39 is 17.4 Å². The van der Waals surface area contributed by atoms with Crippen LogP contribution in [0.2, 0.25) is 0 Å². The number of hydrogen-bond acceptors (Lipinski definition) is 3. The quantitative estimate of drug-likeness (QED) is 0.870. The number of nitrogens with zero attached hydrogens (tertiary/aromatic N) is 1. The number of anilines is 1. The van der Waals surface area contributed by atoms with Gasteiger partial charge in [0.05, 0.1) is 11.3 Å². The molecule has 1 amide bonds. The standard InChI is InChI=1S/C15H13BrN2O4/c1-9-2-4-12(11(16)6-9)17-13(19)8-18-7-10(15(21)22)3-5-14(18)20/h2-7H,8H2,1H3,(H,17,19)(H,21,22). The average molecular weight is 365 g/mol. The number of benzene rings is 1. The third-order valence-corrected chi connectivity index (χ3v) is 3.60. The number of carbonyl (C=O) groups excluding carboxylic acids is 1. The number of halogens is 1. The molecule has 22 heavy (non-hydrogen) atoms. The molecular formula is C15H13BrN2O4. The number of pyridine rings is 1. The number of aromatic carboxylic acids is 1. The summed E-state index contributed by atoms with van der Waals surface area (Å²) in [4.78, 5) is 34.6. The minimum atomic E-state index is -1.16. The van der Waals surface area contributed by atoms with Crippen LogP contribution in [0.4, 0.5) is 5.69 Å². The summed E-state index contributed by atoms with van der Waals surface area (Å²) in [5.74, 6) is -1.58. The summed E-state index contributed by atoms with van der Waals surface area (Å²) < 4.78 is 1.79. The fraction of sp³-hybridized carbons (Fsp3) is 0.133. The molecule has 0 radical (unpaired) electrons. The van der Waals surface area contributed by atoms with Crippen molar-refractivity contribution < 1.29 is 14.7 Å². The molecule has 0 aliphatic rings. The number of nitrogens with one attached hydrogen (secondary N) is 1. The maximum Gasteiger partial charge on any atom is 0.337 e. The Morgan fingerprint density at radius 3 is 2.64 bits per heavy atom. The largest absolute Gasteiger partial charge is 0.478 e. The van der Waals surface area contributed by atoms with Crippen molar-refractivity contribution in [2.75, 3.05) is 5.32 Å². The van der Waals surface area contributed by atoms with E-state index in [2.05, 4.69) is 21.2 Å². The molecule has 0 aliphatic carbocycles. The van der Waals surface area contributed by atoms with Gasteiger partial charge in [0.1, 0.15) is 6.54 Å². The number of hydrogen-bond donors (Lipinski definition) is 2. The maximum absolute atomic E-state index is 12.0. The van der Waals surface area contributed by atoms with Gasteiger partial charge in [0, 0.05) is 16.7 Å². The van der Waals surface area contributed by atoms with Gasteiger partial charge in [0.15, 0.2) is 0 Å². The summed E-state index contributed by atoms with van der Waals surface area (Å²) in [5, 5.41) is 11.6. The van der Waals surface area contributed by atoms with E-state index in [9.17, 15) is 14.4 Å². The fourth-order valence-electron chi connectivity index (χ4n) is 1.85. The van der Waals surface area contributed by atoms with Crippen molar-refractivity contribution in [3.8, 4) is 0 Å². The Morgan fingerprint density at radius 2 is 2.00 bits per heavy atom. The first-order valence-electron chi connectivity index (χ1n) is 6.36. The molecule has 1 heterocycles. The second-order valence-electron chi connectivity index (χ2n) is 4.72. The highest BCUT2D eigenvalue weighted by Crippen LogP contribution is 2.23. The zero-order valence-electron chi connectivity index (χ0n) is 11.7. The third-order valence-electron chi connectivity index (χ3n) is 2.94. The predicted molar refractivity (Wildman–Crippen MR) is 85.2 cm³/mol. The van der Waals surface area contributed by atoms with Gasteiger partial charge in [-0.2, -0.15) is 0 Å². The zero-order valence-corrected chi connectivity index (χ0v) is 13.3. The molecule has 1 aromatic heterocycles. The van der Waals surface area contributed by atoms with E-state index in [4.69, 9.17) is 5.11 Å². The summed E-state index contributed by atoms with van der Waals surface area (Å²) in [7, 11) is 0. The monoisotopic (exact) mass is 364 g/mol. The lowest BCUT2D eigenvalue weighted by Crippen LogP contribution is -2.27. The lowest BCUT2D eigenvalue weighted by atomic mass is 10.2. The molecule has 0 aliphatic heterocycles. The van der Waals surface area contributed by atoms with Crippen molar-refractivity contribution >= 4 is 33.5 Å². The molecule has 2 aromatic rings. The number of amides is 1. The molecule has 0 bridgehead atoms. The number of aryl methyl sites for hydroxylation is 1. The van der Waals surface area contributed by atoms with Gasteiger partial charge in [-0.15, -0.1) is 0 Å². The van der Waals surface area contributed by atoms with Crippen LogP contribution in [0.25, 0.3) is 0 Å². The normalized spacial score (nSPS) is 10.3. The van der Waals surface area contributed by atoms with Crippen molar-refractivity contribution in [2.45, 2.75) is 13.5 Å². The topological polar surface area (TPSA) is 88.4 Å². The van der Waals surface area contributed by atoms with Crippen LogP contribution >= 0.6 is 15.9 Å². The minimum Gasteiger partial charge on any atom is -0.478 e. The lowest BCUT2D eigenvalue weighted by molar-refractivity contribution is -0.116. The number of carbonyl (C=O) groups is 2. The second-order valence-corrected chi connectivity index (χ2v) is 5.57. The highest BCUT2D eigenvalue weighted by molar-refractivity contribution is 9.10.